The van der Waals surface area contributed by atoms with E-state index in [9.17, 15) is 5.11 Å². The summed E-state index contributed by atoms with van der Waals surface area (Å²) in [4.78, 5) is 0. The maximum absolute atomic E-state index is 11.1. The molecule has 0 heterocycles. The van der Waals surface area contributed by atoms with E-state index in [1.54, 1.807) is 20.3 Å². The van der Waals surface area contributed by atoms with E-state index in [0.29, 0.717) is 0 Å². The molecule has 0 saturated carbocycles. The molecule has 0 spiro atoms. The number of phenolic OH excluding ortho intramolecular Hbond substituents is 1. The Morgan fingerprint density at radius 3 is 1.41 bits per heavy atom. The van der Waals surface area contributed by atoms with Crippen molar-refractivity contribution in [1.82, 2.24) is 0 Å². The number of ether oxygens (including phenoxy) is 2. The maximum Gasteiger partial charge on any atom is 0.130 e. The van der Waals surface area contributed by atoms with Crippen molar-refractivity contribution in [3.05, 3.63) is 70.8 Å². The van der Waals surface area contributed by atoms with E-state index in [1.165, 1.54) is 11.1 Å². The lowest BCUT2D eigenvalue weighted by atomic mass is 9.85. The standard InChI is InChI=1S/C30H39O3P/c1-19-15-21(29(3,4)5)27(32-9)25(17-19)34(24-14-12-11-13-23(24)31)26-18-20(2)16-22(28(26)33-10)30(6,7)8/h11-18,31H,1-10H3. The van der Waals surface area contributed by atoms with Gasteiger partial charge in [0.05, 0.1) is 14.2 Å². The quantitative estimate of drug-likeness (QED) is 0.433. The fourth-order valence-corrected chi connectivity index (χ4v) is 7.24. The highest BCUT2D eigenvalue weighted by Gasteiger charge is 2.32. The lowest BCUT2D eigenvalue weighted by Gasteiger charge is -2.31. The molecule has 0 aliphatic carbocycles. The molecule has 0 saturated heterocycles. The second kappa shape index (κ2) is 9.62. The van der Waals surface area contributed by atoms with Crippen LogP contribution in [0.15, 0.2) is 48.5 Å². The summed E-state index contributed by atoms with van der Waals surface area (Å²) in [6, 6.07) is 16.5. The zero-order valence-corrected chi connectivity index (χ0v) is 23.2. The van der Waals surface area contributed by atoms with Gasteiger partial charge in [0.2, 0.25) is 0 Å². The Balaban J connectivity index is 2.51. The van der Waals surface area contributed by atoms with E-state index in [0.717, 1.165) is 38.5 Å². The van der Waals surface area contributed by atoms with Crippen LogP contribution in [-0.4, -0.2) is 19.3 Å². The van der Waals surface area contributed by atoms with Crippen LogP contribution in [0.25, 0.3) is 0 Å². The van der Waals surface area contributed by atoms with Crippen LogP contribution in [0.2, 0.25) is 0 Å². The van der Waals surface area contributed by atoms with E-state index in [2.05, 4.69) is 79.7 Å². The minimum atomic E-state index is -1.18. The molecule has 182 valence electrons. The number of phenols is 1. The lowest BCUT2D eigenvalue weighted by molar-refractivity contribution is 0.400. The zero-order chi connectivity index (χ0) is 25.4. The van der Waals surface area contributed by atoms with E-state index < -0.39 is 7.92 Å². The first-order valence-corrected chi connectivity index (χ1v) is 13.1. The molecule has 0 atom stereocenters. The molecule has 0 aromatic heterocycles. The molecular formula is C30H39O3P. The molecule has 4 heteroatoms. The molecule has 0 aliphatic rings. The Morgan fingerprint density at radius 1 is 0.647 bits per heavy atom. The van der Waals surface area contributed by atoms with Crippen molar-refractivity contribution in [2.24, 2.45) is 0 Å². The van der Waals surface area contributed by atoms with E-state index >= 15 is 0 Å². The van der Waals surface area contributed by atoms with Crippen LogP contribution in [0.5, 0.6) is 17.2 Å². The number of hydrogen-bond donors (Lipinski definition) is 1. The summed E-state index contributed by atoms with van der Waals surface area (Å²) in [6.45, 7) is 17.5. The first kappa shape index (κ1) is 26.1. The normalized spacial score (nSPS) is 12.2. The minimum Gasteiger partial charge on any atom is -0.507 e. The van der Waals surface area contributed by atoms with Crippen LogP contribution in [0, 0.1) is 13.8 Å². The third-order valence-corrected chi connectivity index (χ3v) is 8.54. The zero-order valence-electron chi connectivity index (χ0n) is 22.3. The van der Waals surface area contributed by atoms with Gasteiger partial charge in [-0.1, -0.05) is 71.9 Å². The number of aryl methyl sites for hydroxylation is 2. The number of aromatic hydroxyl groups is 1. The number of rotatable bonds is 5. The molecule has 3 rings (SSSR count). The molecule has 0 unspecified atom stereocenters. The first-order chi connectivity index (χ1) is 15.8. The van der Waals surface area contributed by atoms with Gasteiger partial charge >= 0.3 is 0 Å². The first-order valence-electron chi connectivity index (χ1n) is 11.8. The summed E-state index contributed by atoms with van der Waals surface area (Å²) < 4.78 is 12.2. The molecule has 3 aromatic carbocycles. The predicted molar refractivity (Wildman–Crippen MR) is 147 cm³/mol. The van der Waals surface area contributed by atoms with Crippen molar-refractivity contribution < 1.29 is 14.6 Å². The summed E-state index contributed by atoms with van der Waals surface area (Å²) in [7, 11) is 2.31. The monoisotopic (exact) mass is 478 g/mol. The van der Waals surface area contributed by atoms with Gasteiger partial charge in [-0.05, 0) is 61.9 Å². The van der Waals surface area contributed by atoms with Crippen molar-refractivity contribution in [1.29, 1.82) is 0 Å². The number of para-hydroxylation sites is 1. The van der Waals surface area contributed by atoms with E-state index in [4.69, 9.17) is 9.47 Å². The molecule has 1 N–H and O–H groups in total. The minimum absolute atomic E-state index is 0.0981. The maximum atomic E-state index is 11.1. The second-order valence-electron chi connectivity index (χ2n) is 11.1. The fraction of sp³-hybridized carbons (Fsp3) is 0.400. The Kier molecular flexibility index (Phi) is 7.39. The van der Waals surface area contributed by atoms with Crippen LogP contribution >= 0.6 is 7.92 Å². The molecule has 3 aromatic rings. The Labute approximate surface area is 206 Å². The van der Waals surface area contributed by atoms with Crippen molar-refractivity contribution in [2.75, 3.05) is 14.2 Å². The van der Waals surface area contributed by atoms with Gasteiger partial charge < -0.3 is 14.6 Å². The predicted octanol–water partition coefficient (Wildman–Crippen LogP) is 6.38. The van der Waals surface area contributed by atoms with Gasteiger partial charge in [0.15, 0.2) is 0 Å². The second-order valence-corrected chi connectivity index (χ2v) is 13.2. The van der Waals surface area contributed by atoms with Gasteiger partial charge in [0.1, 0.15) is 17.2 Å². The van der Waals surface area contributed by atoms with Crippen LogP contribution in [0.3, 0.4) is 0 Å². The summed E-state index contributed by atoms with van der Waals surface area (Å²) in [5, 5.41) is 14.1. The lowest BCUT2D eigenvalue weighted by Crippen LogP contribution is -2.28. The molecule has 0 fully saturated rings. The topological polar surface area (TPSA) is 38.7 Å². The molecular weight excluding hydrogens is 439 g/mol. The Bertz CT molecular complexity index is 1110. The third-order valence-electron chi connectivity index (χ3n) is 6.06. The number of benzene rings is 3. The van der Waals surface area contributed by atoms with Crippen molar-refractivity contribution in [3.8, 4) is 17.2 Å². The van der Waals surface area contributed by atoms with Gasteiger partial charge in [-0.3, -0.25) is 0 Å². The average Bonchev–Trinajstić information content (AvgIpc) is 2.73. The van der Waals surface area contributed by atoms with Crippen molar-refractivity contribution in [3.63, 3.8) is 0 Å². The number of hydrogen-bond acceptors (Lipinski definition) is 3. The Hall–Kier alpha value is -2.51. The van der Waals surface area contributed by atoms with Crippen LogP contribution < -0.4 is 25.4 Å². The fourth-order valence-electron chi connectivity index (χ4n) is 4.43. The largest absolute Gasteiger partial charge is 0.507 e. The summed E-state index contributed by atoms with van der Waals surface area (Å²) in [6.07, 6.45) is 0. The average molecular weight is 479 g/mol. The molecule has 0 radical (unpaired) electrons. The number of methoxy groups -OCH3 is 2. The molecule has 3 nitrogen and oxygen atoms in total. The van der Waals surface area contributed by atoms with E-state index in [1.807, 2.05) is 18.2 Å². The molecule has 0 amide bonds. The summed E-state index contributed by atoms with van der Waals surface area (Å²) in [5.41, 5.74) is 4.47. The smallest absolute Gasteiger partial charge is 0.130 e. The van der Waals surface area contributed by atoms with Gasteiger partial charge in [0, 0.05) is 27.0 Å². The van der Waals surface area contributed by atoms with Crippen LogP contribution in [-0.2, 0) is 10.8 Å². The van der Waals surface area contributed by atoms with Crippen LogP contribution in [0.1, 0.15) is 63.8 Å². The van der Waals surface area contributed by atoms with Gasteiger partial charge in [0.25, 0.3) is 0 Å². The summed E-state index contributed by atoms with van der Waals surface area (Å²) >= 11 is 0. The van der Waals surface area contributed by atoms with Crippen molar-refractivity contribution >= 4 is 23.8 Å². The highest BCUT2D eigenvalue weighted by molar-refractivity contribution is 7.80. The molecule has 0 aliphatic heterocycles. The summed E-state index contributed by atoms with van der Waals surface area (Å²) in [5.74, 6) is 2.05. The third kappa shape index (κ3) is 5.10. The molecule has 0 bridgehead atoms. The van der Waals surface area contributed by atoms with E-state index in [-0.39, 0.29) is 16.6 Å². The van der Waals surface area contributed by atoms with Gasteiger partial charge in [-0.2, -0.15) is 0 Å². The molecule has 34 heavy (non-hydrogen) atoms. The van der Waals surface area contributed by atoms with Gasteiger partial charge in [-0.25, -0.2) is 0 Å². The highest BCUT2D eigenvalue weighted by Crippen LogP contribution is 2.47. The van der Waals surface area contributed by atoms with Crippen molar-refractivity contribution in [2.45, 2.75) is 66.2 Å². The van der Waals surface area contributed by atoms with Gasteiger partial charge in [-0.15, -0.1) is 0 Å². The Morgan fingerprint density at radius 2 is 1.06 bits per heavy atom. The highest BCUT2D eigenvalue weighted by atomic mass is 31.1. The van der Waals surface area contributed by atoms with Crippen LogP contribution in [0.4, 0.5) is 0 Å². The SMILES string of the molecule is COc1c(P(c2ccccc2O)c2cc(C)cc(C(C)(C)C)c2OC)cc(C)cc1C(C)(C)C.